The third kappa shape index (κ3) is 3.90. The molecule has 2 atom stereocenters. The molecule has 2 unspecified atom stereocenters. The molecule has 1 heterocycles. The number of carbonyl (C=O) groups is 1. The number of β-amino-alcohol motifs (C(OH)–C–C–N with tert-alkyl or cyclic N) is 1. The smallest absolute Gasteiger partial charge is 0.236 e. The van der Waals surface area contributed by atoms with E-state index in [1.165, 1.54) is 5.56 Å². The summed E-state index contributed by atoms with van der Waals surface area (Å²) in [5.41, 5.74) is 1.24. The molecular formula is C18H26N2O2S. The van der Waals surface area contributed by atoms with Gasteiger partial charge in [-0.05, 0) is 31.9 Å². The highest BCUT2D eigenvalue weighted by molar-refractivity contribution is 8.01. The summed E-state index contributed by atoms with van der Waals surface area (Å²) >= 11 is 1.71. The van der Waals surface area contributed by atoms with Crippen LogP contribution in [0.4, 0.5) is 0 Å². The van der Waals surface area contributed by atoms with Crippen LogP contribution >= 0.6 is 11.8 Å². The largest absolute Gasteiger partial charge is 0.391 e. The third-order valence-electron chi connectivity index (χ3n) is 4.99. The minimum Gasteiger partial charge on any atom is -0.391 e. The van der Waals surface area contributed by atoms with Crippen molar-refractivity contribution in [3.05, 3.63) is 29.8 Å². The number of carbonyl (C=O) groups excluding carboxylic acids is 1. The number of aliphatic hydroxyl groups excluding tert-OH is 1. The van der Waals surface area contributed by atoms with Gasteiger partial charge in [0, 0.05) is 30.4 Å². The van der Waals surface area contributed by atoms with Crippen molar-refractivity contribution in [1.82, 2.24) is 10.6 Å². The fourth-order valence-corrected chi connectivity index (χ4v) is 4.85. The Kier molecular flexibility index (Phi) is 5.29. The summed E-state index contributed by atoms with van der Waals surface area (Å²) in [5, 5.41) is 16.1. The molecule has 1 aliphatic carbocycles. The number of rotatable bonds is 5. The SMILES string of the molecule is Cc1ccc(SC2(C(=O)NCC3CNCC3O)CCCC2)cc1. The second kappa shape index (κ2) is 7.24. The number of thioether (sulfide) groups is 1. The normalized spacial score (nSPS) is 26.3. The average Bonchev–Trinajstić information content (AvgIpc) is 3.17. The fraction of sp³-hybridized carbons (Fsp3) is 0.611. The third-order valence-corrected chi connectivity index (χ3v) is 6.48. The van der Waals surface area contributed by atoms with Crippen LogP contribution in [-0.4, -0.2) is 41.5 Å². The Bertz CT molecular complexity index is 540. The van der Waals surface area contributed by atoms with Gasteiger partial charge in [-0.1, -0.05) is 30.5 Å². The summed E-state index contributed by atoms with van der Waals surface area (Å²) in [4.78, 5) is 14.0. The van der Waals surface area contributed by atoms with Crippen LogP contribution in [0.2, 0.25) is 0 Å². The molecule has 3 N–H and O–H groups in total. The Morgan fingerprint density at radius 1 is 1.30 bits per heavy atom. The molecule has 1 amide bonds. The Balaban J connectivity index is 1.64. The van der Waals surface area contributed by atoms with Crippen molar-refractivity contribution >= 4 is 17.7 Å². The van der Waals surface area contributed by atoms with Crippen molar-refractivity contribution in [3.8, 4) is 0 Å². The lowest BCUT2D eigenvalue weighted by Crippen LogP contribution is -2.45. The predicted molar refractivity (Wildman–Crippen MR) is 93.6 cm³/mol. The zero-order valence-corrected chi connectivity index (χ0v) is 14.5. The van der Waals surface area contributed by atoms with E-state index in [9.17, 15) is 9.90 Å². The number of nitrogens with one attached hydrogen (secondary N) is 2. The molecule has 0 radical (unpaired) electrons. The number of aliphatic hydroxyl groups is 1. The van der Waals surface area contributed by atoms with E-state index in [2.05, 4.69) is 41.8 Å². The van der Waals surface area contributed by atoms with Crippen LogP contribution in [0.5, 0.6) is 0 Å². The molecule has 0 aromatic heterocycles. The Morgan fingerprint density at radius 3 is 2.61 bits per heavy atom. The Labute approximate surface area is 142 Å². The van der Waals surface area contributed by atoms with Crippen LogP contribution in [0.1, 0.15) is 31.2 Å². The van der Waals surface area contributed by atoms with E-state index < -0.39 is 0 Å². The molecule has 1 saturated carbocycles. The average molecular weight is 334 g/mol. The molecule has 3 rings (SSSR count). The molecular weight excluding hydrogens is 308 g/mol. The van der Waals surface area contributed by atoms with E-state index in [0.717, 1.165) is 37.1 Å². The first-order valence-electron chi connectivity index (χ1n) is 8.52. The summed E-state index contributed by atoms with van der Waals surface area (Å²) in [6.07, 6.45) is 3.74. The van der Waals surface area contributed by atoms with Crippen LogP contribution in [0.25, 0.3) is 0 Å². The summed E-state index contributed by atoms with van der Waals surface area (Å²) in [6, 6.07) is 8.42. The van der Waals surface area contributed by atoms with Crippen molar-refractivity contribution in [3.63, 3.8) is 0 Å². The minimum absolute atomic E-state index is 0.127. The number of amides is 1. The van der Waals surface area contributed by atoms with Gasteiger partial charge in [-0.2, -0.15) is 0 Å². The summed E-state index contributed by atoms with van der Waals surface area (Å²) in [7, 11) is 0. The molecule has 1 aromatic rings. The number of hydrogen-bond acceptors (Lipinski definition) is 4. The van der Waals surface area contributed by atoms with Gasteiger partial charge in [-0.3, -0.25) is 4.79 Å². The summed E-state index contributed by atoms with van der Waals surface area (Å²) in [5.74, 6) is 0.265. The Morgan fingerprint density at radius 2 is 2.00 bits per heavy atom. The maximum atomic E-state index is 12.9. The van der Waals surface area contributed by atoms with Crippen LogP contribution in [-0.2, 0) is 4.79 Å². The lowest BCUT2D eigenvalue weighted by molar-refractivity contribution is -0.123. The molecule has 0 spiro atoms. The highest BCUT2D eigenvalue weighted by Crippen LogP contribution is 2.45. The van der Waals surface area contributed by atoms with Gasteiger partial charge in [0.05, 0.1) is 10.9 Å². The lowest BCUT2D eigenvalue weighted by atomic mass is 10.0. The molecule has 23 heavy (non-hydrogen) atoms. The number of hydrogen-bond donors (Lipinski definition) is 3. The molecule has 2 aliphatic rings. The number of benzene rings is 1. The monoisotopic (exact) mass is 334 g/mol. The van der Waals surface area contributed by atoms with Crippen molar-refractivity contribution in [2.24, 2.45) is 5.92 Å². The van der Waals surface area contributed by atoms with Crippen molar-refractivity contribution in [2.75, 3.05) is 19.6 Å². The van der Waals surface area contributed by atoms with Crippen LogP contribution in [0, 0.1) is 12.8 Å². The molecule has 126 valence electrons. The maximum absolute atomic E-state index is 12.9. The van der Waals surface area contributed by atoms with Gasteiger partial charge in [0.1, 0.15) is 0 Å². The second-order valence-electron chi connectivity index (χ2n) is 6.81. The first-order chi connectivity index (χ1) is 11.1. The van der Waals surface area contributed by atoms with Crippen molar-refractivity contribution in [2.45, 2.75) is 48.4 Å². The first kappa shape index (κ1) is 16.8. The van der Waals surface area contributed by atoms with E-state index >= 15 is 0 Å². The van der Waals surface area contributed by atoms with Crippen LogP contribution in [0.3, 0.4) is 0 Å². The predicted octanol–water partition coefficient (Wildman–Crippen LogP) is 2.10. The molecule has 0 bridgehead atoms. The highest BCUT2D eigenvalue weighted by atomic mass is 32.2. The summed E-state index contributed by atoms with van der Waals surface area (Å²) in [6.45, 7) is 4.04. The molecule has 1 aliphatic heterocycles. The molecule has 1 saturated heterocycles. The van der Waals surface area contributed by atoms with Gasteiger partial charge in [0.25, 0.3) is 0 Å². The van der Waals surface area contributed by atoms with E-state index in [4.69, 9.17) is 0 Å². The quantitative estimate of drug-likeness (QED) is 0.772. The molecule has 4 nitrogen and oxygen atoms in total. The lowest BCUT2D eigenvalue weighted by Gasteiger charge is -2.28. The van der Waals surface area contributed by atoms with Crippen LogP contribution < -0.4 is 10.6 Å². The molecule has 1 aromatic carbocycles. The van der Waals surface area contributed by atoms with Gasteiger partial charge in [0.15, 0.2) is 0 Å². The van der Waals surface area contributed by atoms with E-state index in [1.54, 1.807) is 11.8 Å². The van der Waals surface area contributed by atoms with Gasteiger partial charge in [-0.15, -0.1) is 11.8 Å². The summed E-state index contributed by atoms with van der Waals surface area (Å²) < 4.78 is -0.341. The topological polar surface area (TPSA) is 61.4 Å². The van der Waals surface area contributed by atoms with E-state index in [0.29, 0.717) is 13.1 Å². The zero-order valence-electron chi connectivity index (χ0n) is 13.7. The van der Waals surface area contributed by atoms with Gasteiger partial charge in [-0.25, -0.2) is 0 Å². The number of aryl methyl sites for hydroxylation is 1. The highest BCUT2D eigenvalue weighted by Gasteiger charge is 2.42. The maximum Gasteiger partial charge on any atom is 0.236 e. The van der Waals surface area contributed by atoms with Gasteiger partial charge in [0.2, 0.25) is 5.91 Å². The van der Waals surface area contributed by atoms with Crippen LogP contribution in [0.15, 0.2) is 29.2 Å². The zero-order chi connectivity index (χ0) is 16.3. The van der Waals surface area contributed by atoms with Gasteiger partial charge < -0.3 is 15.7 Å². The second-order valence-corrected chi connectivity index (χ2v) is 8.27. The molecule has 2 fully saturated rings. The fourth-order valence-electron chi connectivity index (χ4n) is 3.47. The van der Waals surface area contributed by atoms with Crippen molar-refractivity contribution < 1.29 is 9.90 Å². The van der Waals surface area contributed by atoms with E-state index in [1.807, 2.05) is 0 Å². The standard InChI is InChI=1S/C18H26N2O2S/c1-13-4-6-15(7-5-13)23-18(8-2-3-9-18)17(22)20-11-14-10-19-12-16(14)21/h4-7,14,16,19,21H,2-3,8-12H2,1H3,(H,20,22). The Hall–Kier alpha value is -1.04. The first-order valence-corrected chi connectivity index (χ1v) is 9.33. The van der Waals surface area contributed by atoms with E-state index in [-0.39, 0.29) is 22.7 Å². The van der Waals surface area contributed by atoms with Gasteiger partial charge >= 0.3 is 0 Å². The van der Waals surface area contributed by atoms with Crippen molar-refractivity contribution in [1.29, 1.82) is 0 Å². The molecule has 5 heteroatoms. The minimum atomic E-state index is -0.348.